The summed E-state index contributed by atoms with van der Waals surface area (Å²) >= 11 is 0. The first-order chi connectivity index (χ1) is 8.78. The van der Waals surface area contributed by atoms with Gasteiger partial charge in [0.1, 0.15) is 5.75 Å². The Morgan fingerprint density at radius 2 is 1.72 bits per heavy atom. The van der Waals surface area contributed by atoms with Crippen molar-refractivity contribution in [3.05, 3.63) is 60.2 Å². The van der Waals surface area contributed by atoms with Gasteiger partial charge in [-0.3, -0.25) is 4.79 Å². The highest BCUT2D eigenvalue weighted by Gasteiger charge is 2.03. The third kappa shape index (κ3) is 3.35. The van der Waals surface area contributed by atoms with Gasteiger partial charge in [-0.2, -0.15) is 0 Å². The molecule has 0 fully saturated rings. The van der Waals surface area contributed by atoms with Crippen LogP contribution in [0.1, 0.15) is 5.56 Å². The fourth-order valence-electron chi connectivity index (χ4n) is 1.66. The van der Waals surface area contributed by atoms with E-state index in [0.717, 1.165) is 17.0 Å². The molecule has 0 heterocycles. The Kier molecular flexibility index (Phi) is 3.97. The zero-order valence-corrected chi connectivity index (χ0v) is 10.2. The highest BCUT2D eigenvalue weighted by Crippen LogP contribution is 2.12. The number of hydrogen-bond acceptors (Lipinski definition) is 2. The second-order valence-corrected chi connectivity index (χ2v) is 3.94. The minimum atomic E-state index is -0.0219. The predicted molar refractivity (Wildman–Crippen MR) is 71.8 cm³/mol. The lowest BCUT2D eigenvalue weighted by Crippen LogP contribution is -2.14. The molecule has 3 heteroatoms. The van der Waals surface area contributed by atoms with Crippen LogP contribution in [0.2, 0.25) is 0 Å². The second kappa shape index (κ2) is 5.87. The number of methoxy groups -OCH3 is 1. The Labute approximate surface area is 106 Å². The van der Waals surface area contributed by atoms with Gasteiger partial charge in [0.15, 0.2) is 0 Å². The number of nitrogens with one attached hydrogen (secondary N) is 1. The molecule has 0 atom stereocenters. The number of amides is 1. The van der Waals surface area contributed by atoms with Gasteiger partial charge in [0.05, 0.1) is 13.5 Å². The van der Waals surface area contributed by atoms with Crippen LogP contribution < -0.4 is 10.1 Å². The Hall–Kier alpha value is -2.29. The van der Waals surface area contributed by atoms with Crippen molar-refractivity contribution >= 4 is 11.6 Å². The van der Waals surface area contributed by atoms with Crippen molar-refractivity contribution in [1.29, 1.82) is 0 Å². The molecule has 18 heavy (non-hydrogen) atoms. The molecule has 2 aromatic carbocycles. The van der Waals surface area contributed by atoms with Gasteiger partial charge >= 0.3 is 0 Å². The first-order valence-corrected chi connectivity index (χ1v) is 5.76. The van der Waals surface area contributed by atoms with E-state index in [4.69, 9.17) is 4.74 Å². The number of benzene rings is 2. The molecule has 92 valence electrons. The molecule has 0 aliphatic carbocycles. The van der Waals surface area contributed by atoms with Crippen LogP contribution in [0.25, 0.3) is 0 Å². The van der Waals surface area contributed by atoms with Crippen LogP contribution in [-0.2, 0) is 11.2 Å². The van der Waals surface area contributed by atoms with Crippen LogP contribution in [-0.4, -0.2) is 13.0 Å². The average molecular weight is 241 g/mol. The summed E-state index contributed by atoms with van der Waals surface area (Å²) in [7, 11) is 1.62. The summed E-state index contributed by atoms with van der Waals surface area (Å²) < 4.78 is 5.07. The van der Waals surface area contributed by atoms with Gasteiger partial charge in [0.2, 0.25) is 5.91 Å². The van der Waals surface area contributed by atoms with Gasteiger partial charge in [-0.1, -0.05) is 30.3 Å². The maximum Gasteiger partial charge on any atom is 0.228 e. The summed E-state index contributed by atoms with van der Waals surface area (Å²) in [5.41, 5.74) is 1.78. The maximum absolute atomic E-state index is 11.8. The zero-order chi connectivity index (χ0) is 12.8. The number of para-hydroxylation sites is 1. The first-order valence-electron chi connectivity index (χ1n) is 5.76. The molecular formula is C15H15NO2. The number of hydrogen-bond donors (Lipinski definition) is 1. The standard InChI is InChI=1S/C15H15NO2/c1-18-14-9-7-12(8-10-14)11-15(17)16-13-5-3-2-4-6-13/h2-10H,11H2,1H3,(H,16,17). The van der Waals surface area contributed by atoms with E-state index in [-0.39, 0.29) is 5.91 Å². The fraction of sp³-hybridized carbons (Fsp3) is 0.133. The summed E-state index contributed by atoms with van der Waals surface area (Å²) in [6.07, 6.45) is 0.360. The quantitative estimate of drug-likeness (QED) is 0.893. The van der Waals surface area contributed by atoms with E-state index in [0.29, 0.717) is 6.42 Å². The molecule has 0 aliphatic heterocycles. The SMILES string of the molecule is COc1ccc(CC(=O)Nc2ccccc2)cc1. The minimum Gasteiger partial charge on any atom is -0.497 e. The van der Waals surface area contributed by atoms with E-state index in [1.807, 2.05) is 54.6 Å². The molecule has 1 N–H and O–H groups in total. The number of ether oxygens (including phenoxy) is 1. The van der Waals surface area contributed by atoms with Crippen LogP contribution in [0, 0.1) is 0 Å². The van der Waals surface area contributed by atoms with Crippen molar-refractivity contribution in [1.82, 2.24) is 0 Å². The number of rotatable bonds is 4. The van der Waals surface area contributed by atoms with Crippen molar-refractivity contribution < 1.29 is 9.53 Å². The monoisotopic (exact) mass is 241 g/mol. The summed E-state index contributed by atoms with van der Waals surface area (Å²) in [6.45, 7) is 0. The second-order valence-electron chi connectivity index (χ2n) is 3.94. The highest BCUT2D eigenvalue weighted by molar-refractivity contribution is 5.92. The Balaban J connectivity index is 1.94. The lowest BCUT2D eigenvalue weighted by Gasteiger charge is -2.05. The fourth-order valence-corrected chi connectivity index (χ4v) is 1.66. The van der Waals surface area contributed by atoms with Crippen LogP contribution in [0.5, 0.6) is 5.75 Å². The van der Waals surface area contributed by atoms with Gasteiger partial charge < -0.3 is 10.1 Å². The molecule has 2 rings (SSSR count). The number of carbonyl (C=O) groups is 1. The zero-order valence-electron chi connectivity index (χ0n) is 10.2. The molecule has 0 aromatic heterocycles. The first kappa shape index (κ1) is 12.2. The van der Waals surface area contributed by atoms with Gasteiger partial charge in [0.25, 0.3) is 0 Å². The van der Waals surface area contributed by atoms with Crippen LogP contribution in [0.4, 0.5) is 5.69 Å². The van der Waals surface area contributed by atoms with Gasteiger partial charge in [-0.05, 0) is 29.8 Å². The number of anilines is 1. The average Bonchev–Trinajstić information content (AvgIpc) is 2.40. The van der Waals surface area contributed by atoms with E-state index in [1.54, 1.807) is 7.11 Å². The van der Waals surface area contributed by atoms with E-state index in [9.17, 15) is 4.79 Å². The molecule has 1 amide bonds. The van der Waals surface area contributed by atoms with Crippen molar-refractivity contribution in [3.8, 4) is 5.75 Å². The van der Waals surface area contributed by atoms with Crippen LogP contribution >= 0.6 is 0 Å². The molecule has 0 saturated heterocycles. The van der Waals surface area contributed by atoms with Gasteiger partial charge in [0, 0.05) is 5.69 Å². The normalized spacial score (nSPS) is 9.83. The molecule has 3 nitrogen and oxygen atoms in total. The smallest absolute Gasteiger partial charge is 0.228 e. The molecule has 2 aromatic rings. The molecule has 0 aliphatic rings. The maximum atomic E-state index is 11.8. The molecule has 0 spiro atoms. The van der Waals surface area contributed by atoms with E-state index in [1.165, 1.54) is 0 Å². The Morgan fingerprint density at radius 1 is 1.06 bits per heavy atom. The lowest BCUT2D eigenvalue weighted by atomic mass is 10.1. The molecule has 0 unspecified atom stereocenters. The summed E-state index contributed by atoms with van der Waals surface area (Å²) in [5, 5.41) is 2.85. The van der Waals surface area contributed by atoms with Crippen molar-refractivity contribution in [2.75, 3.05) is 12.4 Å². The third-order valence-electron chi connectivity index (χ3n) is 2.58. The van der Waals surface area contributed by atoms with E-state index >= 15 is 0 Å². The van der Waals surface area contributed by atoms with Gasteiger partial charge in [-0.25, -0.2) is 0 Å². The van der Waals surface area contributed by atoms with E-state index < -0.39 is 0 Å². The van der Waals surface area contributed by atoms with Crippen molar-refractivity contribution in [2.45, 2.75) is 6.42 Å². The van der Waals surface area contributed by atoms with Gasteiger partial charge in [-0.15, -0.1) is 0 Å². The Bertz CT molecular complexity index is 506. The summed E-state index contributed by atoms with van der Waals surface area (Å²) in [6, 6.07) is 16.9. The molecule has 0 bridgehead atoms. The molecule has 0 radical (unpaired) electrons. The molecular weight excluding hydrogens is 226 g/mol. The third-order valence-corrected chi connectivity index (χ3v) is 2.58. The van der Waals surface area contributed by atoms with Crippen LogP contribution in [0.15, 0.2) is 54.6 Å². The van der Waals surface area contributed by atoms with Crippen molar-refractivity contribution in [3.63, 3.8) is 0 Å². The van der Waals surface area contributed by atoms with Crippen LogP contribution in [0.3, 0.4) is 0 Å². The minimum absolute atomic E-state index is 0.0219. The van der Waals surface area contributed by atoms with Crippen molar-refractivity contribution in [2.24, 2.45) is 0 Å². The topological polar surface area (TPSA) is 38.3 Å². The lowest BCUT2D eigenvalue weighted by molar-refractivity contribution is -0.115. The Morgan fingerprint density at radius 3 is 2.33 bits per heavy atom. The largest absolute Gasteiger partial charge is 0.497 e. The predicted octanol–water partition coefficient (Wildman–Crippen LogP) is 2.88. The summed E-state index contributed by atoms with van der Waals surface area (Å²) in [4.78, 5) is 11.8. The molecule has 0 saturated carbocycles. The highest BCUT2D eigenvalue weighted by atomic mass is 16.5. The summed E-state index contributed by atoms with van der Waals surface area (Å²) in [5.74, 6) is 0.772. The number of carbonyl (C=O) groups excluding carboxylic acids is 1. The van der Waals surface area contributed by atoms with E-state index in [2.05, 4.69) is 5.32 Å².